The Morgan fingerprint density at radius 1 is 0.929 bits per heavy atom. The highest BCUT2D eigenvalue weighted by molar-refractivity contribution is 5.71. The molecular weight excluding hydrogens is 344 g/mol. The highest BCUT2D eigenvalue weighted by atomic mass is 16.5. The van der Waals surface area contributed by atoms with Gasteiger partial charge in [-0.1, -0.05) is 71.0 Å². The molecule has 3 nitrogen and oxygen atoms in total. The van der Waals surface area contributed by atoms with Gasteiger partial charge in [0.1, 0.15) is 5.75 Å². The third-order valence-electron chi connectivity index (χ3n) is 4.73. The summed E-state index contributed by atoms with van der Waals surface area (Å²) in [7, 11) is 1.69. The number of methoxy groups -OCH3 is 1. The van der Waals surface area contributed by atoms with Crippen LogP contribution in [0.3, 0.4) is 0 Å². The van der Waals surface area contributed by atoms with Crippen LogP contribution in [0.1, 0.15) is 64.5 Å². The highest BCUT2D eigenvalue weighted by Crippen LogP contribution is 2.34. The Bertz CT molecular complexity index is 808. The van der Waals surface area contributed by atoms with Gasteiger partial charge in [-0.15, -0.1) is 0 Å². The third kappa shape index (κ3) is 5.72. The maximum absolute atomic E-state index is 5.41. The Balaban J connectivity index is 2.21. The van der Waals surface area contributed by atoms with Crippen molar-refractivity contribution in [1.82, 2.24) is 0 Å². The van der Waals surface area contributed by atoms with Gasteiger partial charge >= 0.3 is 0 Å². The molecule has 0 amide bonds. The lowest BCUT2D eigenvalue weighted by Crippen LogP contribution is -2.02. The zero-order valence-corrected chi connectivity index (χ0v) is 18.3. The SMILES string of the molecule is COc1ccccc1N/C(C)=C/C(C)C=Nc1c(C(C)C)cccc1C(C)C. The highest BCUT2D eigenvalue weighted by Gasteiger charge is 2.12. The molecule has 1 atom stereocenters. The van der Waals surface area contributed by atoms with Gasteiger partial charge in [0.25, 0.3) is 0 Å². The molecule has 0 heterocycles. The van der Waals surface area contributed by atoms with Crippen LogP contribution in [0.2, 0.25) is 0 Å². The van der Waals surface area contributed by atoms with E-state index in [4.69, 9.17) is 9.73 Å². The lowest BCUT2D eigenvalue weighted by molar-refractivity contribution is 0.416. The van der Waals surface area contributed by atoms with E-state index in [1.165, 1.54) is 11.1 Å². The summed E-state index contributed by atoms with van der Waals surface area (Å²) in [6, 6.07) is 14.5. The summed E-state index contributed by atoms with van der Waals surface area (Å²) in [4.78, 5) is 4.92. The molecule has 28 heavy (non-hydrogen) atoms. The Labute approximate surface area is 170 Å². The summed E-state index contributed by atoms with van der Waals surface area (Å²) in [5.41, 5.74) is 5.79. The van der Waals surface area contributed by atoms with Crippen LogP contribution in [0.4, 0.5) is 11.4 Å². The van der Waals surface area contributed by atoms with E-state index in [9.17, 15) is 0 Å². The van der Waals surface area contributed by atoms with E-state index in [1.54, 1.807) is 7.11 Å². The van der Waals surface area contributed by atoms with Gasteiger partial charge in [-0.2, -0.15) is 0 Å². The van der Waals surface area contributed by atoms with Crippen molar-refractivity contribution < 1.29 is 4.74 Å². The van der Waals surface area contributed by atoms with Gasteiger partial charge in [0.2, 0.25) is 0 Å². The lowest BCUT2D eigenvalue weighted by Gasteiger charge is -2.16. The minimum absolute atomic E-state index is 0.211. The molecule has 0 saturated carbocycles. The summed E-state index contributed by atoms with van der Waals surface area (Å²) in [5, 5.41) is 3.42. The van der Waals surface area contributed by atoms with Crippen LogP contribution in [-0.2, 0) is 0 Å². The topological polar surface area (TPSA) is 33.6 Å². The van der Waals surface area contributed by atoms with Gasteiger partial charge in [-0.05, 0) is 42.0 Å². The number of para-hydroxylation sites is 3. The van der Waals surface area contributed by atoms with Gasteiger partial charge in [0.05, 0.1) is 18.5 Å². The standard InChI is InChI=1S/C25H34N2O/c1-17(2)21-11-10-12-22(18(3)4)25(21)26-16-19(5)15-20(6)27-23-13-8-9-14-24(23)28-7/h8-19,27H,1-7H3/b20-15+,26-16?. The summed E-state index contributed by atoms with van der Waals surface area (Å²) in [6.07, 6.45) is 4.23. The minimum Gasteiger partial charge on any atom is -0.495 e. The summed E-state index contributed by atoms with van der Waals surface area (Å²) in [5.74, 6) is 1.95. The van der Waals surface area contributed by atoms with Crippen LogP contribution in [0.25, 0.3) is 0 Å². The van der Waals surface area contributed by atoms with E-state index in [-0.39, 0.29) is 5.92 Å². The quantitative estimate of drug-likeness (QED) is 0.489. The van der Waals surface area contributed by atoms with Crippen molar-refractivity contribution >= 4 is 17.6 Å². The molecule has 2 rings (SSSR count). The van der Waals surface area contributed by atoms with E-state index in [0.29, 0.717) is 11.8 Å². The predicted octanol–water partition coefficient (Wildman–Crippen LogP) is 7.30. The number of anilines is 1. The Hall–Kier alpha value is -2.55. The largest absolute Gasteiger partial charge is 0.495 e. The molecule has 0 aliphatic heterocycles. The van der Waals surface area contributed by atoms with Gasteiger partial charge in [0.15, 0.2) is 0 Å². The normalized spacial score (nSPS) is 13.4. The van der Waals surface area contributed by atoms with Crippen LogP contribution >= 0.6 is 0 Å². The maximum atomic E-state index is 5.41. The fourth-order valence-electron chi connectivity index (χ4n) is 3.29. The first-order valence-corrected chi connectivity index (χ1v) is 10.1. The molecule has 0 fully saturated rings. The first kappa shape index (κ1) is 21.7. The number of aliphatic imine (C=N–C) groups is 1. The molecule has 0 aliphatic carbocycles. The number of nitrogens with one attached hydrogen (secondary N) is 1. The minimum atomic E-state index is 0.211. The van der Waals surface area contributed by atoms with Crippen LogP contribution in [0.5, 0.6) is 5.75 Å². The predicted molar refractivity (Wildman–Crippen MR) is 122 cm³/mol. The van der Waals surface area contributed by atoms with Crippen molar-refractivity contribution in [3.8, 4) is 5.75 Å². The van der Waals surface area contributed by atoms with Crippen molar-refractivity contribution in [2.45, 2.75) is 53.4 Å². The molecular formula is C25H34N2O. The number of ether oxygens (including phenoxy) is 1. The Morgan fingerprint density at radius 2 is 1.54 bits per heavy atom. The molecule has 0 bridgehead atoms. The molecule has 2 aromatic carbocycles. The zero-order chi connectivity index (χ0) is 20.7. The number of allylic oxidation sites excluding steroid dienone is 2. The van der Waals surface area contributed by atoms with Gasteiger partial charge in [-0.3, -0.25) is 4.99 Å². The summed E-state index contributed by atoms with van der Waals surface area (Å²) in [6.45, 7) is 13.1. The number of nitrogens with zero attached hydrogens (tertiary/aromatic N) is 1. The van der Waals surface area contributed by atoms with Gasteiger partial charge in [0, 0.05) is 17.8 Å². The smallest absolute Gasteiger partial charge is 0.142 e. The van der Waals surface area contributed by atoms with Gasteiger partial charge in [-0.25, -0.2) is 0 Å². The second-order valence-electron chi connectivity index (χ2n) is 7.91. The monoisotopic (exact) mass is 378 g/mol. The third-order valence-corrected chi connectivity index (χ3v) is 4.73. The van der Waals surface area contributed by atoms with Crippen LogP contribution in [0, 0.1) is 5.92 Å². The van der Waals surface area contributed by atoms with E-state index in [0.717, 1.165) is 22.8 Å². The van der Waals surface area contributed by atoms with Gasteiger partial charge < -0.3 is 10.1 Å². The number of benzene rings is 2. The fraction of sp³-hybridized carbons (Fsp3) is 0.400. The molecule has 0 radical (unpaired) electrons. The van der Waals surface area contributed by atoms with E-state index >= 15 is 0 Å². The molecule has 3 heteroatoms. The maximum Gasteiger partial charge on any atom is 0.142 e. The van der Waals surface area contributed by atoms with Crippen LogP contribution in [-0.4, -0.2) is 13.3 Å². The molecule has 0 aliphatic rings. The van der Waals surface area contributed by atoms with Crippen molar-refractivity contribution in [2.24, 2.45) is 10.9 Å². The first-order chi connectivity index (χ1) is 13.3. The molecule has 0 spiro atoms. The van der Waals surface area contributed by atoms with Crippen LogP contribution < -0.4 is 10.1 Å². The van der Waals surface area contributed by atoms with Crippen molar-refractivity contribution in [2.75, 3.05) is 12.4 Å². The first-order valence-electron chi connectivity index (χ1n) is 10.1. The molecule has 2 aromatic rings. The molecule has 1 unspecified atom stereocenters. The van der Waals surface area contributed by atoms with Crippen molar-refractivity contribution in [3.63, 3.8) is 0 Å². The molecule has 1 N–H and O–H groups in total. The van der Waals surface area contributed by atoms with E-state index < -0.39 is 0 Å². The van der Waals surface area contributed by atoms with Crippen molar-refractivity contribution in [1.29, 1.82) is 0 Å². The van der Waals surface area contributed by atoms with E-state index in [1.807, 2.05) is 30.5 Å². The molecule has 0 aromatic heterocycles. The van der Waals surface area contributed by atoms with Crippen LogP contribution in [0.15, 0.2) is 59.2 Å². The second-order valence-corrected chi connectivity index (χ2v) is 7.91. The number of hydrogen-bond donors (Lipinski definition) is 1. The summed E-state index contributed by atoms with van der Waals surface area (Å²) >= 11 is 0. The Kier molecular flexibility index (Phi) is 7.86. The zero-order valence-electron chi connectivity index (χ0n) is 18.3. The fourth-order valence-corrected chi connectivity index (χ4v) is 3.29. The van der Waals surface area contributed by atoms with E-state index in [2.05, 4.69) is 71.1 Å². The average Bonchev–Trinajstić information content (AvgIpc) is 2.66. The Morgan fingerprint density at radius 3 is 2.11 bits per heavy atom. The summed E-state index contributed by atoms with van der Waals surface area (Å²) < 4.78 is 5.41. The van der Waals surface area contributed by atoms with Crippen molar-refractivity contribution in [3.05, 3.63) is 65.4 Å². The average molecular weight is 379 g/mol. The number of rotatable bonds is 8. The molecule has 150 valence electrons. The number of hydrogen-bond acceptors (Lipinski definition) is 3. The second kappa shape index (κ2) is 10.1. The molecule has 0 saturated heterocycles. The lowest BCUT2D eigenvalue weighted by atomic mass is 9.93.